The minimum atomic E-state index is 0.0128. The molecule has 1 aromatic carbocycles. The molecule has 20 heavy (non-hydrogen) atoms. The third-order valence-corrected chi connectivity index (χ3v) is 3.50. The van der Waals surface area contributed by atoms with Gasteiger partial charge in [-0.25, -0.2) is 0 Å². The van der Waals surface area contributed by atoms with Crippen LogP contribution < -0.4 is 10.6 Å². The number of halogens is 2. The van der Waals surface area contributed by atoms with Crippen molar-refractivity contribution < 1.29 is 4.79 Å². The molecule has 1 amide bonds. The van der Waals surface area contributed by atoms with E-state index in [0.29, 0.717) is 35.5 Å². The quantitative estimate of drug-likeness (QED) is 0.723. The van der Waals surface area contributed by atoms with E-state index in [1.165, 1.54) is 0 Å². The Balaban J connectivity index is 2.18. The Hall–Kier alpha value is -0.770. The zero-order chi connectivity index (χ0) is 15.0. The van der Waals surface area contributed by atoms with Gasteiger partial charge in [-0.15, -0.1) is 0 Å². The van der Waals surface area contributed by atoms with Crippen LogP contribution in [-0.2, 0) is 11.2 Å². The minimum Gasteiger partial charge on any atom is -0.355 e. The van der Waals surface area contributed by atoms with Crippen LogP contribution in [0.3, 0.4) is 0 Å². The summed E-state index contributed by atoms with van der Waals surface area (Å²) in [6, 6.07) is 5.41. The molecule has 0 bridgehead atoms. The Kier molecular flexibility index (Phi) is 7.97. The molecule has 2 N–H and O–H groups in total. The second kappa shape index (κ2) is 9.22. The average molecular weight is 317 g/mol. The van der Waals surface area contributed by atoms with Crippen molar-refractivity contribution in [3.63, 3.8) is 0 Å². The standard InChI is InChI=1S/C15H22Cl2N2O/c1-11(2)5-7-18-10-15(20)19-8-6-12-3-4-13(16)9-14(12)17/h3-4,9,11,18H,5-8,10H2,1-2H3,(H,19,20). The number of carbonyl (C=O) groups excluding carboxylic acids is 1. The van der Waals surface area contributed by atoms with E-state index in [4.69, 9.17) is 23.2 Å². The first-order valence-corrected chi connectivity index (χ1v) is 7.66. The van der Waals surface area contributed by atoms with E-state index in [0.717, 1.165) is 18.5 Å². The Morgan fingerprint density at radius 3 is 2.65 bits per heavy atom. The SMILES string of the molecule is CC(C)CCNCC(=O)NCCc1ccc(Cl)cc1Cl. The molecule has 0 radical (unpaired) electrons. The van der Waals surface area contributed by atoms with Crippen LogP contribution in [0, 0.1) is 5.92 Å². The molecule has 0 fully saturated rings. The van der Waals surface area contributed by atoms with Crippen molar-refractivity contribution in [1.82, 2.24) is 10.6 Å². The lowest BCUT2D eigenvalue weighted by atomic mass is 10.1. The van der Waals surface area contributed by atoms with Gasteiger partial charge in [-0.2, -0.15) is 0 Å². The summed E-state index contributed by atoms with van der Waals surface area (Å²) in [7, 11) is 0. The molecule has 0 atom stereocenters. The number of rotatable bonds is 8. The summed E-state index contributed by atoms with van der Waals surface area (Å²) in [4.78, 5) is 11.6. The van der Waals surface area contributed by atoms with Crippen LogP contribution >= 0.6 is 23.2 Å². The molecule has 0 aliphatic carbocycles. The van der Waals surface area contributed by atoms with Crippen LogP contribution in [0.5, 0.6) is 0 Å². The number of benzene rings is 1. The predicted octanol–water partition coefficient (Wildman–Crippen LogP) is 3.29. The van der Waals surface area contributed by atoms with Gasteiger partial charge in [0.1, 0.15) is 0 Å². The maximum Gasteiger partial charge on any atom is 0.233 e. The van der Waals surface area contributed by atoms with Gasteiger partial charge in [-0.05, 0) is 43.0 Å². The molecule has 1 rings (SSSR count). The van der Waals surface area contributed by atoms with Crippen LogP contribution in [0.25, 0.3) is 0 Å². The number of amides is 1. The smallest absolute Gasteiger partial charge is 0.233 e. The zero-order valence-electron chi connectivity index (χ0n) is 12.0. The van der Waals surface area contributed by atoms with Crippen molar-refractivity contribution in [3.8, 4) is 0 Å². The van der Waals surface area contributed by atoms with Crippen LogP contribution in [-0.4, -0.2) is 25.5 Å². The number of nitrogens with one attached hydrogen (secondary N) is 2. The monoisotopic (exact) mass is 316 g/mol. The van der Waals surface area contributed by atoms with Gasteiger partial charge < -0.3 is 10.6 Å². The van der Waals surface area contributed by atoms with Crippen molar-refractivity contribution in [2.24, 2.45) is 5.92 Å². The molecule has 1 aromatic rings. The van der Waals surface area contributed by atoms with E-state index in [1.54, 1.807) is 12.1 Å². The third kappa shape index (κ3) is 7.13. The Morgan fingerprint density at radius 2 is 2.00 bits per heavy atom. The molecule has 0 heterocycles. The van der Waals surface area contributed by atoms with Crippen molar-refractivity contribution in [2.45, 2.75) is 26.7 Å². The minimum absolute atomic E-state index is 0.0128. The van der Waals surface area contributed by atoms with Crippen LogP contribution in [0.15, 0.2) is 18.2 Å². The van der Waals surface area contributed by atoms with Gasteiger partial charge in [0.05, 0.1) is 6.54 Å². The van der Waals surface area contributed by atoms with Gasteiger partial charge in [0, 0.05) is 16.6 Å². The van der Waals surface area contributed by atoms with Gasteiger partial charge in [-0.3, -0.25) is 4.79 Å². The fourth-order valence-corrected chi connectivity index (χ4v) is 2.22. The van der Waals surface area contributed by atoms with Gasteiger partial charge in [0.15, 0.2) is 0 Å². The Labute approximate surface area is 131 Å². The normalized spacial score (nSPS) is 10.8. The van der Waals surface area contributed by atoms with E-state index in [2.05, 4.69) is 24.5 Å². The van der Waals surface area contributed by atoms with Gasteiger partial charge in [0.25, 0.3) is 0 Å². The van der Waals surface area contributed by atoms with E-state index < -0.39 is 0 Å². The molecule has 0 saturated carbocycles. The molecule has 3 nitrogen and oxygen atoms in total. The Morgan fingerprint density at radius 1 is 1.25 bits per heavy atom. The van der Waals surface area contributed by atoms with Gasteiger partial charge in [0.2, 0.25) is 5.91 Å². The van der Waals surface area contributed by atoms with E-state index in [-0.39, 0.29) is 5.91 Å². The lowest BCUT2D eigenvalue weighted by Crippen LogP contribution is -2.35. The summed E-state index contributed by atoms with van der Waals surface area (Å²) < 4.78 is 0. The highest BCUT2D eigenvalue weighted by molar-refractivity contribution is 6.35. The first-order chi connectivity index (χ1) is 9.49. The zero-order valence-corrected chi connectivity index (χ0v) is 13.5. The molecule has 0 aliphatic heterocycles. The molecule has 0 saturated heterocycles. The molecular formula is C15H22Cl2N2O. The summed E-state index contributed by atoms with van der Waals surface area (Å²) in [6.07, 6.45) is 1.78. The summed E-state index contributed by atoms with van der Waals surface area (Å²) in [5.41, 5.74) is 0.990. The molecular weight excluding hydrogens is 295 g/mol. The van der Waals surface area contributed by atoms with Crippen molar-refractivity contribution in [2.75, 3.05) is 19.6 Å². The van der Waals surface area contributed by atoms with Crippen LogP contribution in [0.4, 0.5) is 0 Å². The first-order valence-electron chi connectivity index (χ1n) is 6.90. The van der Waals surface area contributed by atoms with Gasteiger partial charge in [-0.1, -0.05) is 43.1 Å². The fraction of sp³-hybridized carbons (Fsp3) is 0.533. The number of hydrogen-bond donors (Lipinski definition) is 2. The topological polar surface area (TPSA) is 41.1 Å². The molecule has 0 spiro atoms. The summed E-state index contributed by atoms with van der Waals surface area (Å²) in [5.74, 6) is 0.663. The molecule has 0 aliphatic rings. The van der Waals surface area contributed by atoms with Crippen molar-refractivity contribution in [1.29, 1.82) is 0 Å². The number of carbonyl (C=O) groups is 1. The average Bonchev–Trinajstić information content (AvgIpc) is 2.37. The van der Waals surface area contributed by atoms with Crippen molar-refractivity contribution >= 4 is 29.1 Å². The molecule has 0 unspecified atom stereocenters. The maximum atomic E-state index is 11.6. The fourth-order valence-electron chi connectivity index (χ4n) is 1.72. The van der Waals surface area contributed by atoms with E-state index in [9.17, 15) is 4.79 Å². The Bertz CT molecular complexity index is 436. The second-order valence-electron chi connectivity index (χ2n) is 5.19. The largest absolute Gasteiger partial charge is 0.355 e. The van der Waals surface area contributed by atoms with Crippen LogP contribution in [0.2, 0.25) is 10.0 Å². The summed E-state index contributed by atoms with van der Waals surface area (Å²) in [6.45, 7) is 6.14. The van der Waals surface area contributed by atoms with E-state index >= 15 is 0 Å². The van der Waals surface area contributed by atoms with Gasteiger partial charge >= 0.3 is 0 Å². The maximum absolute atomic E-state index is 11.6. The lowest BCUT2D eigenvalue weighted by molar-refractivity contribution is -0.120. The highest BCUT2D eigenvalue weighted by atomic mass is 35.5. The summed E-state index contributed by atoms with van der Waals surface area (Å²) in [5, 5.41) is 7.26. The molecule has 0 aromatic heterocycles. The number of hydrogen-bond acceptors (Lipinski definition) is 2. The molecule has 112 valence electrons. The van der Waals surface area contributed by atoms with Crippen LogP contribution in [0.1, 0.15) is 25.8 Å². The highest BCUT2D eigenvalue weighted by Gasteiger charge is 2.04. The predicted molar refractivity (Wildman–Crippen MR) is 85.5 cm³/mol. The lowest BCUT2D eigenvalue weighted by Gasteiger charge is -2.09. The second-order valence-corrected chi connectivity index (χ2v) is 6.04. The highest BCUT2D eigenvalue weighted by Crippen LogP contribution is 2.20. The first kappa shape index (κ1) is 17.3. The molecule has 5 heteroatoms. The van der Waals surface area contributed by atoms with E-state index in [1.807, 2.05) is 6.07 Å². The summed E-state index contributed by atoms with van der Waals surface area (Å²) >= 11 is 11.9. The van der Waals surface area contributed by atoms with Crippen molar-refractivity contribution in [3.05, 3.63) is 33.8 Å². The third-order valence-electron chi connectivity index (χ3n) is 2.92.